The van der Waals surface area contributed by atoms with Crippen molar-refractivity contribution in [1.82, 2.24) is 4.90 Å². The first kappa shape index (κ1) is 14.7. The second-order valence-electron chi connectivity index (χ2n) is 4.91. The molecule has 1 aliphatic rings. The lowest BCUT2D eigenvalue weighted by Gasteiger charge is -2.26. The van der Waals surface area contributed by atoms with Crippen LogP contribution in [0.25, 0.3) is 0 Å². The van der Waals surface area contributed by atoms with Gasteiger partial charge in [-0.15, -0.1) is 0 Å². The average Bonchev–Trinajstić information content (AvgIpc) is 2.49. The maximum atomic E-state index is 12.0. The maximum absolute atomic E-state index is 12.0. The summed E-state index contributed by atoms with van der Waals surface area (Å²) in [4.78, 5) is 13.9. The van der Waals surface area contributed by atoms with E-state index in [1.54, 1.807) is 7.11 Å². The van der Waals surface area contributed by atoms with E-state index < -0.39 is 0 Å². The molecule has 0 unspecified atom stereocenters. The van der Waals surface area contributed by atoms with Gasteiger partial charge in [0.05, 0.1) is 20.3 Å². The van der Waals surface area contributed by atoms with Gasteiger partial charge < -0.3 is 20.1 Å². The summed E-state index contributed by atoms with van der Waals surface area (Å²) in [5, 5.41) is 0. The number of hydrogen-bond acceptors (Lipinski definition) is 4. The van der Waals surface area contributed by atoms with Crippen LogP contribution < -0.4 is 10.5 Å². The number of hydrogen-bond donors (Lipinski definition) is 1. The van der Waals surface area contributed by atoms with Crippen LogP contribution in [-0.4, -0.2) is 44.2 Å². The molecule has 1 saturated heterocycles. The molecule has 0 aliphatic carbocycles. The summed E-state index contributed by atoms with van der Waals surface area (Å²) in [6.45, 7) is 2.72. The Morgan fingerprint density at radius 1 is 1.40 bits per heavy atom. The van der Waals surface area contributed by atoms with Gasteiger partial charge in [0.1, 0.15) is 5.75 Å². The number of rotatable bonds is 5. The fourth-order valence-corrected chi connectivity index (χ4v) is 2.33. The summed E-state index contributed by atoms with van der Waals surface area (Å²) in [6, 6.07) is 5.68. The predicted molar refractivity (Wildman–Crippen MR) is 77.7 cm³/mol. The minimum Gasteiger partial charge on any atom is -0.497 e. The van der Waals surface area contributed by atoms with Gasteiger partial charge in [-0.2, -0.15) is 0 Å². The van der Waals surface area contributed by atoms with E-state index >= 15 is 0 Å². The van der Waals surface area contributed by atoms with Crippen LogP contribution in [0.3, 0.4) is 0 Å². The SMILES string of the molecule is COc1ccc(CCCC(=O)N2CCOCC2)c(N)c1. The van der Waals surface area contributed by atoms with E-state index in [0.29, 0.717) is 32.7 Å². The van der Waals surface area contributed by atoms with Gasteiger partial charge in [-0.05, 0) is 24.5 Å². The fourth-order valence-electron chi connectivity index (χ4n) is 2.33. The van der Waals surface area contributed by atoms with Gasteiger partial charge in [0.25, 0.3) is 0 Å². The number of ether oxygens (including phenoxy) is 2. The number of amides is 1. The molecule has 0 atom stereocenters. The van der Waals surface area contributed by atoms with Crippen molar-refractivity contribution in [3.05, 3.63) is 23.8 Å². The van der Waals surface area contributed by atoms with Gasteiger partial charge in [-0.25, -0.2) is 0 Å². The Bertz CT molecular complexity index is 456. The molecule has 110 valence electrons. The van der Waals surface area contributed by atoms with Crippen molar-refractivity contribution in [2.75, 3.05) is 39.1 Å². The standard InChI is InChI=1S/C15H22N2O3/c1-19-13-6-5-12(14(16)11-13)3-2-4-15(18)17-7-9-20-10-8-17/h5-6,11H,2-4,7-10,16H2,1H3. The molecule has 0 aromatic heterocycles. The van der Waals surface area contributed by atoms with E-state index in [1.165, 1.54) is 0 Å². The van der Waals surface area contributed by atoms with E-state index in [4.69, 9.17) is 15.2 Å². The minimum atomic E-state index is 0.209. The van der Waals surface area contributed by atoms with Crippen molar-refractivity contribution in [1.29, 1.82) is 0 Å². The number of nitrogen functional groups attached to an aromatic ring is 1. The quantitative estimate of drug-likeness (QED) is 0.828. The van der Waals surface area contributed by atoms with Crippen LogP contribution in [0.2, 0.25) is 0 Å². The smallest absolute Gasteiger partial charge is 0.222 e. The molecule has 1 fully saturated rings. The second kappa shape index (κ2) is 7.14. The highest BCUT2D eigenvalue weighted by atomic mass is 16.5. The van der Waals surface area contributed by atoms with Crippen LogP contribution in [0.4, 0.5) is 5.69 Å². The summed E-state index contributed by atoms with van der Waals surface area (Å²) in [6.07, 6.45) is 2.18. The number of benzene rings is 1. The molecule has 1 aliphatic heterocycles. The highest BCUT2D eigenvalue weighted by Gasteiger charge is 2.16. The molecule has 2 N–H and O–H groups in total. The lowest BCUT2D eigenvalue weighted by Crippen LogP contribution is -2.40. The predicted octanol–water partition coefficient (Wildman–Crippen LogP) is 1.46. The van der Waals surface area contributed by atoms with E-state index in [0.717, 1.165) is 29.8 Å². The van der Waals surface area contributed by atoms with Crippen molar-refractivity contribution in [2.45, 2.75) is 19.3 Å². The summed E-state index contributed by atoms with van der Waals surface area (Å²) < 4.78 is 10.4. The number of nitrogens with zero attached hydrogens (tertiary/aromatic N) is 1. The minimum absolute atomic E-state index is 0.209. The van der Waals surface area contributed by atoms with Crippen LogP contribution in [0.1, 0.15) is 18.4 Å². The number of nitrogens with two attached hydrogens (primary N) is 1. The number of morpholine rings is 1. The molecule has 0 saturated carbocycles. The lowest BCUT2D eigenvalue weighted by atomic mass is 10.1. The van der Waals surface area contributed by atoms with E-state index in [-0.39, 0.29) is 5.91 Å². The van der Waals surface area contributed by atoms with Crippen molar-refractivity contribution < 1.29 is 14.3 Å². The first-order valence-electron chi connectivity index (χ1n) is 6.98. The number of carbonyl (C=O) groups excluding carboxylic acids is 1. The van der Waals surface area contributed by atoms with Crippen LogP contribution in [0.15, 0.2) is 18.2 Å². The number of carbonyl (C=O) groups is 1. The first-order chi connectivity index (χ1) is 9.70. The summed E-state index contributed by atoms with van der Waals surface area (Å²) in [5.74, 6) is 0.969. The molecule has 5 nitrogen and oxygen atoms in total. The molecule has 5 heteroatoms. The molecular weight excluding hydrogens is 256 g/mol. The summed E-state index contributed by atoms with van der Waals surface area (Å²) in [5.41, 5.74) is 7.76. The summed E-state index contributed by atoms with van der Waals surface area (Å²) in [7, 11) is 1.62. The molecule has 1 aromatic carbocycles. The summed E-state index contributed by atoms with van der Waals surface area (Å²) >= 11 is 0. The van der Waals surface area contributed by atoms with Gasteiger partial charge in [0.15, 0.2) is 0 Å². The van der Waals surface area contributed by atoms with Crippen molar-refractivity contribution in [2.24, 2.45) is 0 Å². The Balaban J connectivity index is 1.79. The Morgan fingerprint density at radius 2 is 2.15 bits per heavy atom. The van der Waals surface area contributed by atoms with Crippen LogP contribution in [-0.2, 0) is 16.0 Å². The zero-order valence-electron chi connectivity index (χ0n) is 11.9. The molecule has 0 radical (unpaired) electrons. The Kier molecular flexibility index (Phi) is 5.24. The molecule has 0 spiro atoms. The average molecular weight is 278 g/mol. The van der Waals surface area contributed by atoms with E-state index in [1.807, 2.05) is 23.1 Å². The van der Waals surface area contributed by atoms with Crippen molar-refractivity contribution in [3.63, 3.8) is 0 Å². The third-order valence-electron chi connectivity index (χ3n) is 3.55. The van der Waals surface area contributed by atoms with Gasteiger partial charge in [-0.3, -0.25) is 4.79 Å². The third kappa shape index (κ3) is 3.87. The Labute approximate surface area is 119 Å². The van der Waals surface area contributed by atoms with Crippen molar-refractivity contribution in [3.8, 4) is 5.75 Å². The molecule has 1 aromatic rings. The van der Waals surface area contributed by atoms with E-state index in [9.17, 15) is 4.79 Å². The zero-order valence-corrected chi connectivity index (χ0v) is 11.9. The monoisotopic (exact) mass is 278 g/mol. The van der Waals surface area contributed by atoms with E-state index in [2.05, 4.69) is 0 Å². The first-order valence-corrected chi connectivity index (χ1v) is 6.98. The largest absolute Gasteiger partial charge is 0.497 e. The fraction of sp³-hybridized carbons (Fsp3) is 0.533. The van der Waals surface area contributed by atoms with Gasteiger partial charge >= 0.3 is 0 Å². The van der Waals surface area contributed by atoms with Crippen molar-refractivity contribution >= 4 is 11.6 Å². The molecule has 20 heavy (non-hydrogen) atoms. The topological polar surface area (TPSA) is 64.8 Å². The van der Waals surface area contributed by atoms with Crippen LogP contribution in [0.5, 0.6) is 5.75 Å². The number of anilines is 1. The second-order valence-corrected chi connectivity index (χ2v) is 4.91. The molecule has 2 rings (SSSR count). The van der Waals surface area contributed by atoms with Gasteiger partial charge in [0.2, 0.25) is 5.91 Å². The van der Waals surface area contributed by atoms with Crippen LogP contribution in [0, 0.1) is 0 Å². The van der Waals surface area contributed by atoms with Gasteiger partial charge in [0, 0.05) is 31.3 Å². The highest BCUT2D eigenvalue weighted by molar-refractivity contribution is 5.76. The Morgan fingerprint density at radius 3 is 2.80 bits per heavy atom. The zero-order chi connectivity index (χ0) is 14.4. The third-order valence-corrected chi connectivity index (χ3v) is 3.55. The molecule has 1 amide bonds. The molecular formula is C15H22N2O3. The Hall–Kier alpha value is -1.75. The number of methoxy groups -OCH3 is 1. The van der Waals surface area contributed by atoms with Gasteiger partial charge in [-0.1, -0.05) is 6.07 Å². The maximum Gasteiger partial charge on any atom is 0.222 e. The van der Waals surface area contributed by atoms with Crippen LogP contribution >= 0.6 is 0 Å². The molecule has 0 bridgehead atoms. The lowest BCUT2D eigenvalue weighted by molar-refractivity contribution is -0.135. The normalized spacial score (nSPS) is 15.2. The number of aryl methyl sites for hydroxylation is 1. The highest BCUT2D eigenvalue weighted by Crippen LogP contribution is 2.21. The molecule has 1 heterocycles.